The quantitative estimate of drug-likeness (QED) is 0.552. The van der Waals surface area contributed by atoms with Crippen LogP contribution in [0.3, 0.4) is 0 Å². The summed E-state index contributed by atoms with van der Waals surface area (Å²) in [5.74, 6) is 0.703. The van der Waals surface area contributed by atoms with Crippen molar-refractivity contribution in [3.8, 4) is 11.4 Å². The number of nitrogens with zero attached hydrogens (tertiary/aromatic N) is 2. The molecular formula is C14H9ClN4. The molecular weight excluding hydrogens is 260 g/mol. The van der Waals surface area contributed by atoms with E-state index in [0.717, 1.165) is 27.5 Å². The average Bonchev–Trinajstić information content (AvgIpc) is 3.00. The largest absolute Gasteiger partial charge is 0.307 e. The molecule has 0 aliphatic carbocycles. The molecule has 4 nitrogen and oxygen atoms in total. The van der Waals surface area contributed by atoms with Crippen molar-refractivity contribution in [1.82, 2.24) is 20.2 Å². The molecule has 0 atom stereocenters. The van der Waals surface area contributed by atoms with Crippen LogP contribution >= 0.6 is 11.6 Å². The fourth-order valence-electron chi connectivity index (χ4n) is 2.20. The minimum atomic E-state index is 0.688. The van der Waals surface area contributed by atoms with Crippen molar-refractivity contribution >= 4 is 33.5 Å². The maximum Gasteiger partial charge on any atom is 0.160 e. The highest BCUT2D eigenvalue weighted by molar-refractivity contribution is 6.30. The lowest BCUT2D eigenvalue weighted by molar-refractivity contribution is 1.12. The van der Waals surface area contributed by atoms with E-state index in [1.54, 1.807) is 0 Å². The van der Waals surface area contributed by atoms with Crippen LogP contribution in [0.15, 0.2) is 42.6 Å². The number of aromatic nitrogens is 4. The number of imidazole rings is 1. The van der Waals surface area contributed by atoms with Crippen molar-refractivity contribution in [1.29, 1.82) is 0 Å². The Labute approximate surface area is 113 Å². The second-order valence-corrected chi connectivity index (χ2v) is 4.84. The lowest BCUT2D eigenvalue weighted by atomic mass is 10.2. The topological polar surface area (TPSA) is 57.4 Å². The maximum atomic E-state index is 6.00. The second-order valence-electron chi connectivity index (χ2n) is 4.40. The zero-order valence-corrected chi connectivity index (χ0v) is 10.6. The summed E-state index contributed by atoms with van der Waals surface area (Å²) in [4.78, 5) is 9.11. The van der Waals surface area contributed by atoms with Crippen LogP contribution in [-0.2, 0) is 0 Å². The SMILES string of the molecule is Clc1cccc(-c2nc3cc4c[nH][nH]c4cc3n2)c1. The Kier molecular flexibility index (Phi) is 2.13. The summed E-state index contributed by atoms with van der Waals surface area (Å²) in [6, 6.07) is 11.6. The molecule has 0 unspecified atom stereocenters. The Morgan fingerprint density at radius 1 is 1.00 bits per heavy atom. The van der Waals surface area contributed by atoms with Gasteiger partial charge >= 0.3 is 0 Å². The van der Waals surface area contributed by atoms with Gasteiger partial charge in [-0.15, -0.1) is 0 Å². The van der Waals surface area contributed by atoms with Gasteiger partial charge in [-0.3, -0.25) is 0 Å². The normalized spacial score (nSPS) is 11.4. The van der Waals surface area contributed by atoms with Crippen LogP contribution in [0.2, 0.25) is 5.02 Å². The van der Waals surface area contributed by atoms with E-state index < -0.39 is 0 Å². The first-order valence-electron chi connectivity index (χ1n) is 5.89. The monoisotopic (exact) mass is 268 g/mol. The molecule has 4 rings (SSSR count). The zero-order valence-electron chi connectivity index (χ0n) is 9.81. The first-order chi connectivity index (χ1) is 9.29. The van der Waals surface area contributed by atoms with Gasteiger partial charge in [0.25, 0.3) is 0 Å². The van der Waals surface area contributed by atoms with Crippen LogP contribution in [-0.4, -0.2) is 20.2 Å². The van der Waals surface area contributed by atoms with E-state index in [1.165, 1.54) is 0 Å². The van der Waals surface area contributed by atoms with E-state index in [4.69, 9.17) is 11.6 Å². The molecule has 92 valence electrons. The van der Waals surface area contributed by atoms with Gasteiger partial charge in [-0.2, -0.15) is 0 Å². The Balaban J connectivity index is 1.96. The third-order valence-corrected chi connectivity index (χ3v) is 3.35. The number of benzene rings is 2. The molecule has 0 radical (unpaired) electrons. The lowest BCUT2D eigenvalue weighted by Crippen LogP contribution is -1.79. The van der Waals surface area contributed by atoms with Crippen molar-refractivity contribution in [3.63, 3.8) is 0 Å². The Bertz CT molecular complexity index is 843. The molecule has 0 aliphatic rings. The van der Waals surface area contributed by atoms with Crippen LogP contribution in [0.4, 0.5) is 0 Å². The van der Waals surface area contributed by atoms with Crippen LogP contribution in [0.5, 0.6) is 0 Å². The number of rotatable bonds is 1. The summed E-state index contributed by atoms with van der Waals surface area (Å²) in [5.41, 5.74) is 3.71. The van der Waals surface area contributed by atoms with Crippen LogP contribution in [0.25, 0.3) is 33.3 Å². The predicted octanol–water partition coefficient (Wildman–Crippen LogP) is 3.76. The standard InChI is InChI=1S/C14H9ClN4/c15-10-3-1-2-8(4-10)14-17-12-5-9-7-16-19-11(9)6-13(12)18-14/h1-7,16,19H. The Hall–Kier alpha value is -2.33. The minimum Gasteiger partial charge on any atom is -0.307 e. The smallest absolute Gasteiger partial charge is 0.160 e. The van der Waals surface area contributed by atoms with Crippen molar-refractivity contribution in [3.05, 3.63) is 47.6 Å². The van der Waals surface area contributed by atoms with Gasteiger partial charge in [-0.25, -0.2) is 9.97 Å². The average molecular weight is 269 g/mol. The van der Waals surface area contributed by atoms with Crippen LogP contribution in [0, 0.1) is 0 Å². The Morgan fingerprint density at radius 3 is 2.68 bits per heavy atom. The Morgan fingerprint density at radius 2 is 1.84 bits per heavy atom. The van der Waals surface area contributed by atoms with Gasteiger partial charge in [0.15, 0.2) is 5.82 Å². The van der Waals surface area contributed by atoms with Gasteiger partial charge in [0.2, 0.25) is 0 Å². The summed E-state index contributed by atoms with van der Waals surface area (Å²) >= 11 is 6.00. The van der Waals surface area contributed by atoms with Gasteiger partial charge in [0.05, 0.1) is 16.6 Å². The first-order valence-corrected chi connectivity index (χ1v) is 6.26. The number of H-pyrrole nitrogens is 2. The molecule has 2 aromatic heterocycles. The second kappa shape index (κ2) is 3.83. The van der Waals surface area contributed by atoms with E-state index in [9.17, 15) is 0 Å². The van der Waals surface area contributed by atoms with E-state index in [1.807, 2.05) is 42.6 Å². The third-order valence-electron chi connectivity index (χ3n) is 3.12. The number of fused-ring (bicyclic) bond motifs is 2. The number of aromatic amines is 2. The van der Waals surface area contributed by atoms with Crippen LogP contribution in [0.1, 0.15) is 0 Å². The fourth-order valence-corrected chi connectivity index (χ4v) is 2.39. The van der Waals surface area contributed by atoms with Gasteiger partial charge in [0, 0.05) is 22.2 Å². The van der Waals surface area contributed by atoms with E-state index in [0.29, 0.717) is 10.8 Å². The van der Waals surface area contributed by atoms with Crippen molar-refractivity contribution in [2.24, 2.45) is 0 Å². The molecule has 0 saturated carbocycles. The van der Waals surface area contributed by atoms with Gasteiger partial charge < -0.3 is 10.2 Å². The summed E-state index contributed by atoms with van der Waals surface area (Å²) in [6.45, 7) is 0. The summed E-state index contributed by atoms with van der Waals surface area (Å²) in [6.07, 6.45) is 1.91. The number of hydrogen-bond donors (Lipinski definition) is 2. The lowest BCUT2D eigenvalue weighted by Gasteiger charge is -1.94. The molecule has 4 aromatic rings. The number of nitrogens with one attached hydrogen (secondary N) is 2. The highest BCUT2D eigenvalue weighted by Gasteiger charge is 2.08. The zero-order chi connectivity index (χ0) is 12.8. The van der Waals surface area contributed by atoms with Gasteiger partial charge in [0.1, 0.15) is 0 Å². The molecule has 0 spiro atoms. The highest BCUT2D eigenvalue weighted by atomic mass is 35.5. The van der Waals surface area contributed by atoms with Gasteiger partial charge in [-0.05, 0) is 24.3 Å². The van der Waals surface area contributed by atoms with Gasteiger partial charge in [-0.1, -0.05) is 23.7 Å². The molecule has 0 saturated heterocycles. The first kappa shape index (κ1) is 10.6. The van der Waals surface area contributed by atoms with Crippen LogP contribution < -0.4 is 0 Å². The molecule has 5 heteroatoms. The molecule has 0 amide bonds. The predicted molar refractivity (Wildman–Crippen MR) is 76.2 cm³/mol. The molecule has 0 bridgehead atoms. The minimum absolute atomic E-state index is 0.688. The molecule has 2 aromatic carbocycles. The summed E-state index contributed by atoms with van der Waals surface area (Å²) in [7, 11) is 0. The number of hydrogen-bond acceptors (Lipinski definition) is 2. The molecule has 19 heavy (non-hydrogen) atoms. The number of halogens is 1. The maximum absolute atomic E-state index is 6.00. The van der Waals surface area contributed by atoms with E-state index in [2.05, 4.69) is 20.2 Å². The third kappa shape index (κ3) is 1.69. The fraction of sp³-hybridized carbons (Fsp3) is 0. The molecule has 2 N–H and O–H groups in total. The van der Waals surface area contributed by atoms with Crippen molar-refractivity contribution < 1.29 is 0 Å². The molecule has 0 fully saturated rings. The summed E-state index contributed by atoms with van der Waals surface area (Å²) in [5, 5.41) is 7.79. The van der Waals surface area contributed by atoms with Crippen molar-refractivity contribution in [2.75, 3.05) is 0 Å². The highest BCUT2D eigenvalue weighted by Crippen LogP contribution is 2.25. The molecule has 0 aliphatic heterocycles. The van der Waals surface area contributed by atoms with Crippen molar-refractivity contribution in [2.45, 2.75) is 0 Å². The summed E-state index contributed by atoms with van der Waals surface area (Å²) < 4.78 is 0. The molecule has 2 heterocycles. The van der Waals surface area contributed by atoms with E-state index in [-0.39, 0.29) is 0 Å². The van der Waals surface area contributed by atoms with E-state index >= 15 is 0 Å².